The van der Waals surface area contributed by atoms with Gasteiger partial charge in [-0.2, -0.15) is 15.3 Å². The number of aromatic amines is 1. The van der Waals surface area contributed by atoms with E-state index in [1.54, 1.807) is 12.4 Å². The lowest BCUT2D eigenvalue weighted by atomic mass is 9.97. The molecule has 2 aliphatic heterocycles. The first-order chi connectivity index (χ1) is 17.7. The Morgan fingerprint density at radius 1 is 1.06 bits per heavy atom. The fraction of sp³-hybridized carbons (Fsp3) is 0.370. The van der Waals surface area contributed by atoms with Gasteiger partial charge in [-0.3, -0.25) is 15.0 Å². The number of rotatable bonds is 7. The van der Waals surface area contributed by atoms with Crippen molar-refractivity contribution < 1.29 is 0 Å². The first-order valence-electron chi connectivity index (χ1n) is 12.6. The maximum atomic E-state index is 9.03. The van der Waals surface area contributed by atoms with Gasteiger partial charge in [-0.05, 0) is 68.0 Å². The minimum Gasteiger partial charge on any atom is -0.351 e. The summed E-state index contributed by atoms with van der Waals surface area (Å²) in [6.07, 6.45) is 8.69. The van der Waals surface area contributed by atoms with Gasteiger partial charge in [-0.15, -0.1) is 0 Å². The number of fused-ring (bicyclic) bond motifs is 3. The van der Waals surface area contributed by atoms with Crippen LogP contribution in [0, 0.1) is 18.3 Å². The summed E-state index contributed by atoms with van der Waals surface area (Å²) in [4.78, 5) is 16.5. The van der Waals surface area contributed by atoms with Gasteiger partial charge in [0, 0.05) is 60.6 Å². The van der Waals surface area contributed by atoms with Gasteiger partial charge < -0.3 is 10.6 Å². The SMILES string of the molecule is Cc1cc(Nc2nc(NC3CC4CCC(C3)N4CCC#N)nc3cc(-c4ccncc4)ccc23)n[nH]1. The number of nitriles is 1. The number of nitrogens with one attached hydrogen (secondary N) is 3. The number of piperidine rings is 1. The first kappa shape index (κ1) is 22.4. The number of H-pyrrole nitrogens is 1. The molecule has 182 valence electrons. The van der Waals surface area contributed by atoms with E-state index in [9.17, 15) is 0 Å². The molecule has 2 saturated heterocycles. The predicted octanol–water partition coefficient (Wildman–Crippen LogP) is 4.79. The average molecular weight is 480 g/mol. The van der Waals surface area contributed by atoms with Gasteiger partial charge in [0.1, 0.15) is 5.82 Å². The van der Waals surface area contributed by atoms with Crippen LogP contribution in [0.3, 0.4) is 0 Å². The standard InChI is InChI=1S/C27H29N9/c1-17-13-25(35-34-17)32-26-23-6-3-19(18-7-10-29-11-8-18)14-24(23)31-27(33-26)30-20-15-21-4-5-22(16-20)36(21)12-2-9-28/h3,6-8,10-11,13-14,20-22H,2,4-5,12,15-16H2,1H3,(H3,30,31,32,33,34,35). The van der Waals surface area contributed by atoms with Gasteiger partial charge in [0.15, 0.2) is 5.82 Å². The minimum atomic E-state index is 0.308. The molecule has 0 spiro atoms. The third kappa shape index (κ3) is 4.48. The normalized spacial score (nSPS) is 21.4. The van der Waals surface area contributed by atoms with E-state index in [1.165, 1.54) is 12.8 Å². The van der Waals surface area contributed by atoms with Crippen molar-refractivity contribution in [3.63, 3.8) is 0 Å². The molecule has 3 N–H and O–H groups in total. The number of anilines is 3. The van der Waals surface area contributed by atoms with Gasteiger partial charge >= 0.3 is 0 Å². The van der Waals surface area contributed by atoms with Crippen molar-refractivity contribution in [1.29, 1.82) is 5.26 Å². The Morgan fingerprint density at radius 3 is 2.58 bits per heavy atom. The number of aryl methyl sites for hydroxylation is 1. The summed E-state index contributed by atoms with van der Waals surface area (Å²) >= 11 is 0. The summed E-state index contributed by atoms with van der Waals surface area (Å²) in [5, 5.41) is 24.3. The summed E-state index contributed by atoms with van der Waals surface area (Å²) in [5.74, 6) is 2.07. The number of pyridine rings is 1. The molecular formula is C27H29N9. The Balaban J connectivity index is 1.31. The van der Waals surface area contributed by atoms with Crippen molar-refractivity contribution >= 4 is 28.5 Å². The lowest BCUT2D eigenvalue weighted by Gasteiger charge is -2.38. The highest BCUT2D eigenvalue weighted by atomic mass is 15.3. The quantitative estimate of drug-likeness (QED) is 0.346. The molecule has 2 unspecified atom stereocenters. The molecule has 1 aromatic carbocycles. The molecule has 36 heavy (non-hydrogen) atoms. The summed E-state index contributed by atoms with van der Waals surface area (Å²) < 4.78 is 0. The third-order valence-electron chi connectivity index (χ3n) is 7.36. The fourth-order valence-electron chi connectivity index (χ4n) is 5.74. The van der Waals surface area contributed by atoms with Crippen LogP contribution in [-0.2, 0) is 0 Å². The molecule has 5 heterocycles. The van der Waals surface area contributed by atoms with Crippen LogP contribution < -0.4 is 10.6 Å². The van der Waals surface area contributed by atoms with Crippen molar-refractivity contribution in [2.75, 3.05) is 17.2 Å². The van der Waals surface area contributed by atoms with Crippen LogP contribution >= 0.6 is 0 Å². The Kier molecular flexibility index (Phi) is 5.95. The number of hydrogen-bond acceptors (Lipinski definition) is 8. The molecule has 6 rings (SSSR count). The van der Waals surface area contributed by atoms with Crippen molar-refractivity contribution in [3.8, 4) is 17.2 Å². The van der Waals surface area contributed by atoms with Crippen molar-refractivity contribution in [2.45, 2.75) is 57.2 Å². The van der Waals surface area contributed by atoms with Crippen molar-refractivity contribution in [3.05, 3.63) is 54.5 Å². The van der Waals surface area contributed by atoms with E-state index in [4.69, 9.17) is 15.2 Å². The van der Waals surface area contributed by atoms with Gasteiger partial charge in [0.05, 0.1) is 11.6 Å². The maximum Gasteiger partial charge on any atom is 0.225 e. The lowest BCUT2D eigenvalue weighted by Crippen LogP contribution is -2.47. The van der Waals surface area contributed by atoms with E-state index in [-0.39, 0.29) is 0 Å². The van der Waals surface area contributed by atoms with Crippen LogP contribution in [0.5, 0.6) is 0 Å². The summed E-state index contributed by atoms with van der Waals surface area (Å²) in [6.45, 7) is 2.85. The Labute approximate surface area is 210 Å². The zero-order valence-electron chi connectivity index (χ0n) is 20.3. The molecular weight excluding hydrogens is 450 g/mol. The highest BCUT2D eigenvalue weighted by Gasteiger charge is 2.40. The largest absolute Gasteiger partial charge is 0.351 e. The van der Waals surface area contributed by atoms with Gasteiger partial charge in [-0.1, -0.05) is 6.07 Å². The van der Waals surface area contributed by atoms with E-state index in [0.717, 1.165) is 58.7 Å². The fourth-order valence-corrected chi connectivity index (χ4v) is 5.74. The molecule has 9 heteroatoms. The zero-order chi connectivity index (χ0) is 24.5. The molecule has 0 radical (unpaired) electrons. The van der Waals surface area contributed by atoms with Gasteiger partial charge in [0.25, 0.3) is 0 Å². The summed E-state index contributed by atoms with van der Waals surface area (Å²) in [6, 6.07) is 15.9. The van der Waals surface area contributed by atoms with Crippen molar-refractivity contribution in [2.24, 2.45) is 0 Å². The number of nitrogens with zero attached hydrogens (tertiary/aromatic N) is 6. The number of aromatic nitrogens is 5. The van der Waals surface area contributed by atoms with Crippen LogP contribution in [0.25, 0.3) is 22.0 Å². The number of benzene rings is 1. The first-order valence-corrected chi connectivity index (χ1v) is 12.6. The maximum absolute atomic E-state index is 9.03. The number of hydrogen-bond donors (Lipinski definition) is 3. The molecule has 0 saturated carbocycles. The van der Waals surface area contributed by atoms with Crippen LogP contribution in [0.4, 0.5) is 17.6 Å². The van der Waals surface area contributed by atoms with E-state index >= 15 is 0 Å². The highest BCUT2D eigenvalue weighted by Crippen LogP contribution is 2.37. The molecule has 3 aromatic heterocycles. The molecule has 2 aliphatic rings. The molecule has 9 nitrogen and oxygen atoms in total. The molecule has 2 atom stereocenters. The van der Waals surface area contributed by atoms with Crippen molar-refractivity contribution in [1.82, 2.24) is 30.0 Å². The smallest absolute Gasteiger partial charge is 0.225 e. The molecule has 0 aliphatic carbocycles. The molecule has 0 amide bonds. The minimum absolute atomic E-state index is 0.308. The lowest BCUT2D eigenvalue weighted by molar-refractivity contribution is 0.135. The second-order valence-electron chi connectivity index (χ2n) is 9.77. The third-order valence-corrected chi connectivity index (χ3v) is 7.36. The monoisotopic (exact) mass is 479 g/mol. The Hall–Kier alpha value is -4.03. The van der Waals surface area contributed by atoms with E-state index in [0.29, 0.717) is 30.5 Å². The molecule has 2 fully saturated rings. The van der Waals surface area contributed by atoms with E-state index in [2.05, 4.69) is 55.0 Å². The average Bonchev–Trinajstić information content (AvgIpc) is 3.41. The van der Waals surface area contributed by atoms with Crippen LogP contribution in [0.15, 0.2) is 48.8 Å². The second-order valence-corrected chi connectivity index (χ2v) is 9.77. The van der Waals surface area contributed by atoms with Gasteiger partial charge in [0.2, 0.25) is 5.95 Å². The zero-order valence-corrected chi connectivity index (χ0v) is 20.3. The van der Waals surface area contributed by atoms with Crippen LogP contribution in [-0.4, -0.2) is 54.7 Å². The molecule has 2 bridgehead atoms. The summed E-state index contributed by atoms with van der Waals surface area (Å²) in [5.41, 5.74) is 4.03. The topological polar surface area (TPSA) is 118 Å². The van der Waals surface area contributed by atoms with Crippen LogP contribution in [0.1, 0.15) is 37.8 Å². The van der Waals surface area contributed by atoms with Gasteiger partial charge in [-0.25, -0.2) is 4.98 Å². The van der Waals surface area contributed by atoms with E-state index < -0.39 is 0 Å². The Bertz CT molecular complexity index is 1390. The van der Waals surface area contributed by atoms with E-state index in [1.807, 2.05) is 25.1 Å². The predicted molar refractivity (Wildman–Crippen MR) is 140 cm³/mol. The molecule has 4 aromatic rings. The Morgan fingerprint density at radius 2 is 1.86 bits per heavy atom. The second kappa shape index (κ2) is 9.55. The highest BCUT2D eigenvalue weighted by molar-refractivity contribution is 5.94. The van der Waals surface area contributed by atoms with Crippen LogP contribution in [0.2, 0.25) is 0 Å². The summed E-state index contributed by atoms with van der Waals surface area (Å²) in [7, 11) is 0.